The van der Waals surface area contributed by atoms with Crippen LogP contribution in [0.3, 0.4) is 0 Å². The van der Waals surface area contributed by atoms with Crippen molar-refractivity contribution in [2.24, 2.45) is 5.14 Å². The Morgan fingerprint density at radius 1 is 1.37 bits per heavy atom. The first kappa shape index (κ1) is 22.6. The lowest BCUT2D eigenvalue weighted by molar-refractivity contribution is -0.118. The molecule has 13 heteroatoms. The van der Waals surface area contributed by atoms with Gasteiger partial charge in [0.25, 0.3) is 5.56 Å². The highest BCUT2D eigenvalue weighted by Crippen LogP contribution is 2.20. The summed E-state index contributed by atoms with van der Waals surface area (Å²) in [4.78, 5) is 31.5. The number of aromatic nitrogens is 3. The Balaban J connectivity index is 1.55. The van der Waals surface area contributed by atoms with Crippen molar-refractivity contribution in [2.45, 2.75) is 29.9 Å². The second kappa shape index (κ2) is 9.39. The van der Waals surface area contributed by atoms with Gasteiger partial charge in [-0.2, -0.15) is 0 Å². The third-order valence-corrected chi connectivity index (χ3v) is 7.39. The van der Waals surface area contributed by atoms with E-state index in [0.717, 1.165) is 17.3 Å². The van der Waals surface area contributed by atoms with Gasteiger partial charge >= 0.3 is 0 Å². The summed E-state index contributed by atoms with van der Waals surface area (Å²) >= 11 is 7.61. The summed E-state index contributed by atoms with van der Waals surface area (Å²) in [5.41, 5.74) is 1.13. The number of fused-ring (bicyclic) bond motifs is 1. The Hall–Kier alpha value is -2.06. The number of thioether (sulfide) groups is 1. The molecule has 30 heavy (non-hydrogen) atoms. The van der Waals surface area contributed by atoms with E-state index in [9.17, 15) is 18.0 Å². The lowest BCUT2D eigenvalue weighted by Gasteiger charge is -2.06. The SMILES string of the molecule is CCn1c(=S)sc2c(=O)[nH]c(SCC(=O)NCCc3ccc(S(N)(=O)=O)cc3)nc21. The number of benzene rings is 1. The average Bonchev–Trinajstić information content (AvgIpc) is 3.02. The van der Waals surface area contributed by atoms with Gasteiger partial charge in [-0.25, -0.2) is 18.5 Å². The number of primary sulfonamides is 1. The van der Waals surface area contributed by atoms with Gasteiger partial charge in [0.2, 0.25) is 15.9 Å². The molecule has 1 aromatic carbocycles. The van der Waals surface area contributed by atoms with Crippen molar-refractivity contribution in [1.29, 1.82) is 0 Å². The van der Waals surface area contributed by atoms with E-state index < -0.39 is 10.0 Å². The van der Waals surface area contributed by atoms with Gasteiger partial charge in [-0.1, -0.05) is 35.2 Å². The molecule has 0 aliphatic rings. The van der Waals surface area contributed by atoms with Crippen LogP contribution in [0.25, 0.3) is 10.3 Å². The Morgan fingerprint density at radius 3 is 2.70 bits per heavy atom. The number of amides is 1. The summed E-state index contributed by atoms with van der Waals surface area (Å²) in [6.45, 7) is 2.92. The van der Waals surface area contributed by atoms with Crippen LogP contribution in [0.15, 0.2) is 39.1 Å². The number of aromatic amines is 1. The van der Waals surface area contributed by atoms with Crippen molar-refractivity contribution >= 4 is 61.6 Å². The molecule has 0 fully saturated rings. The monoisotopic (exact) mass is 485 g/mol. The number of carbonyl (C=O) groups is 1. The number of nitrogens with one attached hydrogen (secondary N) is 2. The molecule has 1 amide bonds. The quantitative estimate of drug-likeness (QED) is 0.250. The maximum absolute atomic E-state index is 12.2. The molecule has 0 saturated carbocycles. The Morgan fingerprint density at radius 2 is 2.07 bits per heavy atom. The maximum Gasteiger partial charge on any atom is 0.271 e. The zero-order chi connectivity index (χ0) is 21.9. The molecule has 0 bridgehead atoms. The first-order valence-electron chi connectivity index (χ1n) is 8.84. The average molecular weight is 486 g/mol. The van der Waals surface area contributed by atoms with Crippen LogP contribution in [0.5, 0.6) is 0 Å². The van der Waals surface area contributed by atoms with Crippen LogP contribution in [0.2, 0.25) is 0 Å². The maximum atomic E-state index is 12.2. The van der Waals surface area contributed by atoms with E-state index in [4.69, 9.17) is 17.4 Å². The molecule has 0 aliphatic carbocycles. The van der Waals surface area contributed by atoms with Gasteiger partial charge in [0.05, 0.1) is 10.6 Å². The van der Waals surface area contributed by atoms with Gasteiger partial charge in [0.15, 0.2) is 14.8 Å². The minimum atomic E-state index is -3.72. The number of hydrogen-bond acceptors (Lipinski definition) is 8. The van der Waals surface area contributed by atoms with Crippen molar-refractivity contribution in [3.8, 4) is 0 Å². The number of rotatable bonds is 8. The molecule has 2 heterocycles. The number of hydrogen-bond donors (Lipinski definition) is 3. The van der Waals surface area contributed by atoms with E-state index in [1.807, 2.05) is 6.92 Å². The minimum Gasteiger partial charge on any atom is -0.355 e. The van der Waals surface area contributed by atoms with Crippen LogP contribution in [-0.4, -0.2) is 41.2 Å². The fraction of sp³-hybridized carbons (Fsp3) is 0.294. The molecule has 2 aromatic heterocycles. The van der Waals surface area contributed by atoms with Crippen LogP contribution >= 0.6 is 35.3 Å². The number of sulfonamides is 1. The summed E-state index contributed by atoms with van der Waals surface area (Å²) in [6.07, 6.45) is 0.537. The zero-order valence-electron chi connectivity index (χ0n) is 15.9. The van der Waals surface area contributed by atoms with Crippen LogP contribution in [-0.2, 0) is 27.8 Å². The molecule has 3 aromatic rings. The van der Waals surface area contributed by atoms with Crippen molar-refractivity contribution in [3.63, 3.8) is 0 Å². The normalized spacial score (nSPS) is 11.7. The number of H-pyrrole nitrogens is 1. The third kappa shape index (κ3) is 5.35. The van der Waals surface area contributed by atoms with E-state index in [0.29, 0.717) is 39.0 Å². The Kier molecular flexibility index (Phi) is 7.08. The number of carbonyl (C=O) groups excluding carboxylic acids is 1. The predicted molar refractivity (Wildman–Crippen MR) is 120 cm³/mol. The Bertz CT molecular complexity index is 1290. The second-order valence-corrected chi connectivity index (χ2v) is 10.4. The summed E-state index contributed by atoms with van der Waals surface area (Å²) in [5, 5.41) is 8.21. The number of nitrogens with two attached hydrogens (primary N) is 1. The molecular weight excluding hydrogens is 466 g/mol. The topological polar surface area (TPSA) is 140 Å². The van der Waals surface area contributed by atoms with Gasteiger partial charge in [-0.05, 0) is 43.3 Å². The smallest absolute Gasteiger partial charge is 0.271 e. The predicted octanol–water partition coefficient (Wildman–Crippen LogP) is 1.63. The zero-order valence-corrected chi connectivity index (χ0v) is 19.1. The summed E-state index contributed by atoms with van der Waals surface area (Å²) in [7, 11) is -3.72. The van der Waals surface area contributed by atoms with Crippen molar-refractivity contribution < 1.29 is 13.2 Å². The molecule has 0 spiro atoms. The van der Waals surface area contributed by atoms with Gasteiger partial charge in [-0.3, -0.25) is 9.59 Å². The number of thiazole rings is 1. The second-order valence-electron chi connectivity index (χ2n) is 6.21. The largest absolute Gasteiger partial charge is 0.355 e. The van der Waals surface area contributed by atoms with E-state index in [2.05, 4.69) is 15.3 Å². The molecule has 0 atom stereocenters. The van der Waals surface area contributed by atoms with E-state index >= 15 is 0 Å². The molecule has 0 saturated heterocycles. The lowest BCUT2D eigenvalue weighted by atomic mass is 10.1. The first-order chi connectivity index (χ1) is 14.2. The standard InChI is InChI=1S/C17H19N5O4S4/c1-2-22-14-13(29-17(22)27)15(24)21-16(20-14)28-9-12(23)19-8-7-10-3-5-11(6-4-10)30(18,25)26/h3-6H,2,7-9H2,1H3,(H,19,23)(H2,18,25,26)(H,20,21,24). The molecule has 0 unspecified atom stereocenters. The molecule has 4 N–H and O–H groups in total. The lowest BCUT2D eigenvalue weighted by Crippen LogP contribution is -2.27. The van der Waals surface area contributed by atoms with Gasteiger partial charge in [-0.15, -0.1) is 0 Å². The fourth-order valence-corrected chi connectivity index (χ4v) is 5.22. The number of aryl methyl sites for hydroxylation is 1. The van der Waals surface area contributed by atoms with E-state index in [-0.39, 0.29) is 22.1 Å². The van der Waals surface area contributed by atoms with Crippen LogP contribution in [0.4, 0.5) is 0 Å². The van der Waals surface area contributed by atoms with E-state index in [1.54, 1.807) is 16.7 Å². The molecule has 160 valence electrons. The van der Waals surface area contributed by atoms with E-state index in [1.165, 1.54) is 23.5 Å². The third-order valence-electron chi connectivity index (χ3n) is 4.15. The first-order valence-corrected chi connectivity index (χ1v) is 12.6. The minimum absolute atomic E-state index is 0.0447. The van der Waals surface area contributed by atoms with Crippen LogP contribution in [0, 0.1) is 3.95 Å². The number of nitrogens with zero attached hydrogens (tertiary/aromatic N) is 2. The van der Waals surface area contributed by atoms with Gasteiger partial charge in [0, 0.05) is 13.1 Å². The van der Waals surface area contributed by atoms with Crippen molar-refractivity contribution in [3.05, 3.63) is 44.1 Å². The fourth-order valence-electron chi connectivity index (χ4n) is 2.66. The van der Waals surface area contributed by atoms with Crippen molar-refractivity contribution in [1.82, 2.24) is 19.9 Å². The molecule has 9 nitrogen and oxygen atoms in total. The highest BCUT2D eigenvalue weighted by atomic mass is 32.2. The molecule has 3 rings (SSSR count). The van der Waals surface area contributed by atoms with Crippen molar-refractivity contribution in [2.75, 3.05) is 12.3 Å². The molecular formula is C17H19N5O4S4. The Labute approximate surface area is 185 Å². The van der Waals surface area contributed by atoms with Gasteiger partial charge < -0.3 is 14.9 Å². The highest BCUT2D eigenvalue weighted by Gasteiger charge is 2.12. The van der Waals surface area contributed by atoms with Gasteiger partial charge in [0.1, 0.15) is 4.70 Å². The molecule has 0 aliphatic heterocycles. The van der Waals surface area contributed by atoms with Crippen LogP contribution < -0.4 is 16.0 Å². The summed E-state index contributed by atoms with van der Waals surface area (Å²) in [6, 6.07) is 6.17. The summed E-state index contributed by atoms with van der Waals surface area (Å²) < 4.78 is 25.4. The van der Waals surface area contributed by atoms with Crippen LogP contribution in [0.1, 0.15) is 12.5 Å². The summed E-state index contributed by atoms with van der Waals surface area (Å²) in [5.74, 6) is -0.114. The molecule has 0 radical (unpaired) electrons. The highest BCUT2D eigenvalue weighted by molar-refractivity contribution is 7.99.